The predicted molar refractivity (Wildman–Crippen MR) is 67.9 cm³/mol. The number of esters is 1. The molecule has 17 heavy (non-hydrogen) atoms. The molecule has 0 N–H and O–H groups in total. The highest BCUT2D eigenvalue weighted by atomic mass is 16.6. The standard InChI is InChI=1S/C14H26O3/c1-4-5-6-7-8-13-9-10-14(17-13)11(2)16-12(3)15/h11,13-14H,4-10H2,1-3H3/t11-,13-,14+/m0/s1. The van der Waals surface area contributed by atoms with Crippen LogP contribution in [0.2, 0.25) is 0 Å². The molecule has 3 atom stereocenters. The van der Waals surface area contributed by atoms with Gasteiger partial charge in [-0.15, -0.1) is 0 Å². The van der Waals surface area contributed by atoms with Gasteiger partial charge in [-0.1, -0.05) is 32.6 Å². The van der Waals surface area contributed by atoms with Crippen molar-refractivity contribution < 1.29 is 14.3 Å². The van der Waals surface area contributed by atoms with Crippen molar-refractivity contribution in [2.24, 2.45) is 0 Å². The zero-order valence-electron chi connectivity index (χ0n) is 11.4. The van der Waals surface area contributed by atoms with Gasteiger partial charge in [0.15, 0.2) is 0 Å². The summed E-state index contributed by atoms with van der Waals surface area (Å²) in [5, 5.41) is 0. The van der Waals surface area contributed by atoms with E-state index in [0.29, 0.717) is 6.10 Å². The maximum Gasteiger partial charge on any atom is 0.302 e. The van der Waals surface area contributed by atoms with E-state index in [4.69, 9.17) is 9.47 Å². The molecule has 1 heterocycles. The van der Waals surface area contributed by atoms with Crippen molar-refractivity contribution in [1.82, 2.24) is 0 Å². The fourth-order valence-electron chi connectivity index (χ4n) is 2.43. The number of carbonyl (C=O) groups is 1. The molecule has 3 heteroatoms. The topological polar surface area (TPSA) is 35.5 Å². The zero-order valence-corrected chi connectivity index (χ0v) is 11.4. The second-order valence-corrected chi connectivity index (χ2v) is 5.04. The lowest BCUT2D eigenvalue weighted by molar-refractivity contribution is -0.152. The van der Waals surface area contributed by atoms with Crippen molar-refractivity contribution in [3.05, 3.63) is 0 Å². The van der Waals surface area contributed by atoms with E-state index in [9.17, 15) is 4.79 Å². The predicted octanol–water partition coefficient (Wildman–Crippen LogP) is 3.46. The van der Waals surface area contributed by atoms with Crippen LogP contribution in [0.25, 0.3) is 0 Å². The van der Waals surface area contributed by atoms with Gasteiger partial charge >= 0.3 is 5.97 Å². The Morgan fingerprint density at radius 2 is 2.12 bits per heavy atom. The number of ether oxygens (including phenoxy) is 2. The van der Waals surface area contributed by atoms with Crippen molar-refractivity contribution in [1.29, 1.82) is 0 Å². The highest BCUT2D eigenvalue weighted by Gasteiger charge is 2.30. The van der Waals surface area contributed by atoms with Gasteiger partial charge in [-0.05, 0) is 26.2 Å². The number of unbranched alkanes of at least 4 members (excludes halogenated alkanes) is 3. The molecule has 0 aromatic heterocycles. The maximum absolute atomic E-state index is 10.9. The molecular weight excluding hydrogens is 216 g/mol. The molecule has 0 bridgehead atoms. The summed E-state index contributed by atoms with van der Waals surface area (Å²) in [5.41, 5.74) is 0. The quantitative estimate of drug-likeness (QED) is 0.506. The summed E-state index contributed by atoms with van der Waals surface area (Å²) in [7, 11) is 0. The van der Waals surface area contributed by atoms with Crippen LogP contribution in [-0.2, 0) is 14.3 Å². The van der Waals surface area contributed by atoms with Crippen LogP contribution >= 0.6 is 0 Å². The van der Waals surface area contributed by atoms with E-state index < -0.39 is 0 Å². The van der Waals surface area contributed by atoms with Crippen LogP contribution in [0.15, 0.2) is 0 Å². The summed E-state index contributed by atoms with van der Waals surface area (Å²) >= 11 is 0. The fourth-order valence-corrected chi connectivity index (χ4v) is 2.43. The van der Waals surface area contributed by atoms with E-state index in [-0.39, 0.29) is 18.2 Å². The first-order valence-electron chi connectivity index (χ1n) is 6.96. The van der Waals surface area contributed by atoms with Crippen LogP contribution in [0.3, 0.4) is 0 Å². The average Bonchev–Trinajstić information content (AvgIpc) is 2.72. The molecule has 0 amide bonds. The Morgan fingerprint density at radius 1 is 1.35 bits per heavy atom. The Hall–Kier alpha value is -0.570. The zero-order chi connectivity index (χ0) is 12.7. The molecule has 0 aromatic rings. The molecule has 1 rings (SSSR count). The van der Waals surface area contributed by atoms with Crippen LogP contribution in [0, 0.1) is 0 Å². The second-order valence-electron chi connectivity index (χ2n) is 5.04. The van der Waals surface area contributed by atoms with Crippen molar-refractivity contribution in [3.8, 4) is 0 Å². The molecule has 0 radical (unpaired) electrons. The van der Waals surface area contributed by atoms with Gasteiger partial charge in [-0.25, -0.2) is 0 Å². The molecule has 1 saturated heterocycles. The maximum atomic E-state index is 10.9. The Labute approximate surface area is 105 Å². The van der Waals surface area contributed by atoms with Crippen molar-refractivity contribution in [2.45, 2.75) is 84.0 Å². The summed E-state index contributed by atoms with van der Waals surface area (Å²) in [6, 6.07) is 0. The Bertz CT molecular complexity index is 228. The third-order valence-corrected chi connectivity index (χ3v) is 3.40. The van der Waals surface area contributed by atoms with Crippen LogP contribution < -0.4 is 0 Å². The Kier molecular flexibility index (Phi) is 6.56. The van der Waals surface area contributed by atoms with E-state index in [0.717, 1.165) is 19.3 Å². The largest absolute Gasteiger partial charge is 0.460 e. The van der Waals surface area contributed by atoms with E-state index in [2.05, 4.69) is 6.92 Å². The molecule has 1 aliphatic heterocycles. The molecule has 3 nitrogen and oxygen atoms in total. The number of hydrogen-bond donors (Lipinski definition) is 0. The van der Waals surface area contributed by atoms with Gasteiger partial charge < -0.3 is 9.47 Å². The molecule has 0 aliphatic carbocycles. The van der Waals surface area contributed by atoms with E-state index in [1.54, 1.807) is 0 Å². The summed E-state index contributed by atoms with van der Waals surface area (Å²) in [6.45, 7) is 5.60. The molecule has 0 saturated carbocycles. The minimum absolute atomic E-state index is 0.104. The monoisotopic (exact) mass is 242 g/mol. The number of carbonyl (C=O) groups excluding carboxylic acids is 1. The normalized spacial score (nSPS) is 25.8. The highest BCUT2D eigenvalue weighted by Crippen LogP contribution is 2.27. The second kappa shape index (κ2) is 7.70. The fraction of sp³-hybridized carbons (Fsp3) is 0.929. The summed E-state index contributed by atoms with van der Waals surface area (Å²) in [4.78, 5) is 10.9. The van der Waals surface area contributed by atoms with Gasteiger partial charge in [0.25, 0.3) is 0 Å². The van der Waals surface area contributed by atoms with Gasteiger partial charge in [0.05, 0.1) is 12.2 Å². The smallest absolute Gasteiger partial charge is 0.302 e. The molecule has 0 spiro atoms. The van der Waals surface area contributed by atoms with E-state index >= 15 is 0 Å². The minimum atomic E-state index is -0.215. The third kappa shape index (κ3) is 5.53. The molecule has 100 valence electrons. The first-order valence-corrected chi connectivity index (χ1v) is 6.96. The van der Waals surface area contributed by atoms with Gasteiger partial charge in [-0.2, -0.15) is 0 Å². The van der Waals surface area contributed by atoms with Crippen LogP contribution in [0.4, 0.5) is 0 Å². The average molecular weight is 242 g/mol. The van der Waals surface area contributed by atoms with E-state index in [1.807, 2.05) is 6.92 Å². The van der Waals surface area contributed by atoms with Crippen molar-refractivity contribution in [2.75, 3.05) is 0 Å². The summed E-state index contributed by atoms with van der Waals surface area (Å²) < 4.78 is 11.1. The number of rotatable bonds is 7. The van der Waals surface area contributed by atoms with Gasteiger partial charge in [0.2, 0.25) is 0 Å². The number of hydrogen-bond acceptors (Lipinski definition) is 3. The molecule has 1 fully saturated rings. The summed E-state index contributed by atoms with van der Waals surface area (Å²) in [6.07, 6.45) is 8.84. The Balaban J connectivity index is 2.15. The SMILES string of the molecule is CCCCCC[C@H]1CC[C@H]([C@H](C)OC(C)=O)O1. The van der Waals surface area contributed by atoms with Crippen molar-refractivity contribution >= 4 is 5.97 Å². The molecular formula is C14H26O3. The molecule has 0 unspecified atom stereocenters. The van der Waals surface area contributed by atoms with Crippen LogP contribution in [0.1, 0.15) is 65.7 Å². The lowest BCUT2D eigenvalue weighted by Gasteiger charge is -2.20. The van der Waals surface area contributed by atoms with Crippen LogP contribution in [-0.4, -0.2) is 24.3 Å². The van der Waals surface area contributed by atoms with Crippen LogP contribution in [0.5, 0.6) is 0 Å². The Morgan fingerprint density at radius 3 is 2.76 bits per heavy atom. The lowest BCUT2D eigenvalue weighted by atomic mass is 10.1. The third-order valence-electron chi connectivity index (χ3n) is 3.40. The molecule has 1 aliphatic rings. The van der Waals surface area contributed by atoms with Crippen molar-refractivity contribution in [3.63, 3.8) is 0 Å². The highest BCUT2D eigenvalue weighted by molar-refractivity contribution is 5.66. The lowest BCUT2D eigenvalue weighted by Crippen LogP contribution is -2.28. The first-order chi connectivity index (χ1) is 8.13. The summed E-state index contributed by atoms with van der Waals surface area (Å²) in [5.74, 6) is -0.215. The van der Waals surface area contributed by atoms with Gasteiger partial charge in [-0.3, -0.25) is 4.79 Å². The molecule has 0 aromatic carbocycles. The minimum Gasteiger partial charge on any atom is -0.460 e. The van der Waals surface area contributed by atoms with Gasteiger partial charge in [0.1, 0.15) is 6.10 Å². The first kappa shape index (κ1) is 14.5. The van der Waals surface area contributed by atoms with Gasteiger partial charge in [0, 0.05) is 6.92 Å². The van der Waals surface area contributed by atoms with E-state index in [1.165, 1.54) is 32.6 Å².